The predicted octanol–water partition coefficient (Wildman–Crippen LogP) is 2.94. The molecule has 1 aromatic heterocycles. The van der Waals surface area contributed by atoms with E-state index in [0.717, 1.165) is 44.5 Å². The maximum atomic E-state index is 12.7. The zero-order valence-corrected chi connectivity index (χ0v) is 19.0. The van der Waals surface area contributed by atoms with Crippen molar-refractivity contribution in [1.82, 2.24) is 9.88 Å². The number of nitrogens with zero attached hydrogens (tertiary/aromatic N) is 3. The third-order valence-electron chi connectivity index (χ3n) is 6.35. The van der Waals surface area contributed by atoms with Crippen molar-refractivity contribution in [2.45, 2.75) is 44.6 Å². The Labute approximate surface area is 190 Å². The molecule has 172 valence electrons. The average Bonchev–Trinajstić information content (AvgIpc) is 2.83. The van der Waals surface area contributed by atoms with Crippen molar-refractivity contribution in [3.8, 4) is 6.07 Å². The number of amides is 1. The summed E-state index contributed by atoms with van der Waals surface area (Å²) in [5.41, 5.74) is 6.45. The smallest absolute Gasteiger partial charge is 0.230 e. The average molecular weight is 440 g/mol. The quantitative estimate of drug-likeness (QED) is 0.539. The molecule has 1 amide bonds. The number of likely N-dealkylation sites (tertiary alicyclic amines) is 1. The molecule has 0 bridgehead atoms. The van der Waals surface area contributed by atoms with E-state index < -0.39 is 17.4 Å². The van der Waals surface area contributed by atoms with Gasteiger partial charge in [0.2, 0.25) is 5.91 Å². The van der Waals surface area contributed by atoms with E-state index in [2.05, 4.69) is 21.3 Å². The molecule has 3 rings (SSSR count). The molecule has 8 heteroatoms. The van der Waals surface area contributed by atoms with Crippen LogP contribution in [0.2, 0.25) is 0 Å². The highest BCUT2D eigenvalue weighted by Gasteiger charge is 2.48. The summed E-state index contributed by atoms with van der Waals surface area (Å²) in [5, 5.41) is 12.4. The van der Waals surface area contributed by atoms with Gasteiger partial charge in [0, 0.05) is 32.9 Å². The van der Waals surface area contributed by atoms with Crippen molar-refractivity contribution in [2.24, 2.45) is 11.1 Å². The van der Waals surface area contributed by atoms with Gasteiger partial charge in [-0.25, -0.2) is 4.98 Å². The Morgan fingerprint density at radius 2 is 2.12 bits per heavy atom. The molecule has 1 aromatic rings. The molecule has 1 aliphatic heterocycles. The normalized spacial score (nSPS) is 23.0. The fourth-order valence-corrected chi connectivity index (χ4v) is 4.63. The number of aromatic nitrogens is 1. The van der Waals surface area contributed by atoms with Gasteiger partial charge in [-0.05, 0) is 50.3 Å². The number of nitrogens with two attached hydrogens (primary N) is 1. The maximum Gasteiger partial charge on any atom is 0.230 e. The van der Waals surface area contributed by atoms with Crippen LogP contribution >= 0.6 is 0 Å². The number of unbranched alkanes of at least 4 members (excludes halogenated alkanes) is 1. The fraction of sp³-hybridized carbons (Fsp3) is 0.542. The number of nitriles is 1. The third-order valence-corrected chi connectivity index (χ3v) is 6.35. The molecule has 2 atom stereocenters. The van der Waals surface area contributed by atoms with Crippen LogP contribution in [0, 0.1) is 16.7 Å². The Balaban J connectivity index is 1.69. The van der Waals surface area contributed by atoms with Crippen LogP contribution in [0.25, 0.3) is 0 Å². The van der Waals surface area contributed by atoms with Gasteiger partial charge in [0.25, 0.3) is 0 Å². The lowest BCUT2D eigenvalue weighted by molar-refractivity contribution is -0.133. The van der Waals surface area contributed by atoms with E-state index >= 15 is 0 Å². The van der Waals surface area contributed by atoms with E-state index in [0.29, 0.717) is 30.1 Å². The van der Waals surface area contributed by atoms with Gasteiger partial charge in [0.05, 0.1) is 18.4 Å². The number of nitrogens with one attached hydrogen (secondary N) is 1. The number of ether oxygens (including phenoxy) is 2. The summed E-state index contributed by atoms with van der Waals surface area (Å²) in [6.07, 6.45) is 10.6. The molecule has 1 fully saturated rings. The summed E-state index contributed by atoms with van der Waals surface area (Å²) in [6, 6.07) is 5.59. The minimum atomic E-state index is -0.970. The molecule has 3 N–H and O–H groups in total. The molecule has 0 saturated carbocycles. The zero-order chi connectivity index (χ0) is 23.0. The summed E-state index contributed by atoms with van der Waals surface area (Å²) in [6.45, 7) is 2.57. The largest absolute Gasteiger partial charge is 0.496 e. The molecule has 0 spiro atoms. The highest BCUT2D eigenvalue weighted by molar-refractivity contribution is 5.85. The molecule has 0 aromatic carbocycles. The van der Waals surface area contributed by atoms with Crippen molar-refractivity contribution >= 4 is 11.7 Å². The lowest BCUT2D eigenvalue weighted by atomic mass is 9.72. The Hall–Kier alpha value is -3.05. The monoisotopic (exact) mass is 439 g/mol. The highest BCUT2D eigenvalue weighted by atomic mass is 16.5. The third kappa shape index (κ3) is 4.89. The lowest BCUT2D eigenvalue weighted by Crippen LogP contribution is -2.50. The Morgan fingerprint density at radius 1 is 1.34 bits per heavy atom. The Morgan fingerprint density at radius 3 is 2.78 bits per heavy atom. The van der Waals surface area contributed by atoms with Gasteiger partial charge in [0.1, 0.15) is 29.2 Å². The fourth-order valence-electron chi connectivity index (χ4n) is 4.63. The first-order valence-electron chi connectivity index (χ1n) is 11.2. The van der Waals surface area contributed by atoms with Crippen molar-refractivity contribution in [3.63, 3.8) is 0 Å². The Bertz CT molecular complexity index is 901. The summed E-state index contributed by atoms with van der Waals surface area (Å²) in [7, 11) is 3.22. The second-order valence-corrected chi connectivity index (χ2v) is 8.25. The second-order valence-electron chi connectivity index (χ2n) is 8.25. The van der Waals surface area contributed by atoms with E-state index in [-0.39, 0.29) is 0 Å². The number of methoxy groups -OCH3 is 2. The summed E-state index contributed by atoms with van der Waals surface area (Å²) in [5.74, 6) is 0.820. The molecule has 8 nitrogen and oxygen atoms in total. The summed E-state index contributed by atoms with van der Waals surface area (Å²) >= 11 is 0. The number of pyridine rings is 1. The second kappa shape index (κ2) is 11.0. The van der Waals surface area contributed by atoms with Crippen LogP contribution in [0.4, 0.5) is 5.82 Å². The van der Waals surface area contributed by atoms with Gasteiger partial charge < -0.3 is 25.4 Å². The van der Waals surface area contributed by atoms with Gasteiger partial charge in [0.15, 0.2) is 0 Å². The van der Waals surface area contributed by atoms with Crippen molar-refractivity contribution in [3.05, 3.63) is 47.5 Å². The molecule has 32 heavy (non-hydrogen) atoms. The summed E-state index contributed by atoms with van der Waals surface area (Å²) in [4.78, 5) is 19.2. The van der Waals surface area contributed by atoms with E-state index in [9.17, 15) is 10.1 Å². The van der Waals surface area contributed by atoms with Crippen LogP contribution < -0.4 is 11.1 Å². The molecule has 2 unspecified atom stereocenters. The number of carbonyl (C=O) groups excluding carboxylic acids is 1. The van der Waals surface area contributed by atoms with E-state index in [1.54, 1.807) is 32.5 Å². The first kappa shape index (κ1) is 23.6. The highest BCUT2D eigenvalue weighted by Crippen LogP contribution is 2.42. The zero-order valence-electron chi connectivity index (χ0n) is 19.0. The first-order chi connectivity index (χ1) is 15.6. The van der Waals surface area contributed by atoms with Gasteiger partial charge in [-0.1, -0.05) is 12.5 Å². The maximum absolute atomic E-state index is 12.7. The van der Waals surface area contributed by atoms with Crippen LogP contribution in [-0.2, 0) is 14.3 Å². The molecule has 2 heterocycles. The molecular formula is C24H33N5O3. The topological polar surface area (TPSA) is 114 Å². The number of allylic oxidation sites excluding steroid dienone is 1. The molecule has 0 radical (unpaired) electrons. The lowest BCUT2D eigenvalue weighted by Gasteiger charge is -2.41. The van der Waals surface area contributed by atoms with Crippen molar-refractivity contribution in [1.29, 1.82) is 5.26 Å². The Kier molecular flexibility index (Phi) is 8.12. The number of carbonyl (C=O) groups is 1. The SMILES string of the molecule is COC1=C(N2CCCCC2)C=CC(CCCCNc2ncccc2C#N)(C(N)=O)C1OC. The number of anilines is 1. The van der Waals surface area contributed by atoms with Crippen LogP contribution in [0.1, 0.15) is 44.1 Å². The number of primary amides is 1. The number of hydrogen-bond donors (Lipinski definition) is 2. The first-order valence-corrected chi connectivity index (χ1v) is 11.2. The van der Waals surface area contributed by atoms with Gasteiger partial charge >= 0.3 is 0 Å². The van der Waals surface area contributed by atoms with Crippen LogP contribution in [0.15, 0.2) is 41.9 Å². The van der Waals surface area contributed by atoms with Crippen molar-refractivity contribution < 1.29 is 14.3 Å². The molecule has 1 saturated heterocycles. The van der Waals surface area contributed by atoms with Crippen molar-refractivity contribution in [2.75, 3.05) is 39.2 Å². The number of hydrogen-bond acceptors (Lipinski definition) is 7. The van der Waals surface area contributed by atoms with Gasteiger partial charge in [-0.2, -0.15) is 5.26 Å². The van der Waals surface area contributed by atoms with E-state index in [1.807, 2.05) is 12.2 Å². The minimum absolute atomic E-state index is 0.419. The summed E-state index contributed by atoms with van der Waals surface area (Å²) < 4.78 is 11.6. The molecular weight excluding hydrogens is 406 g/mol. The van der Waals surface area contributed by atoms with Crippen LogP contribution in [-0.4, -0.2) is 55.7 Å². The van der Waals surface area contributed by atoms with E-state index in [1.165, 1.54) is 6.42 Å². The van der Waals surface area contributed by atoms with E-state index in [4.69, 9.17) is 15.2 Å². The van der Waals surface area contributed by atoms with Gasteiger partial charge in [-0.15, -0.1) is 0 Å². The molecule has 1 aliphatic carbocycles. The number of piperidine rings is 1. The van der Waals surface area contributed by atoms with Gasteiger partial charge in [-0.3, -0.25) is 4.79 Å². The van der Waals surface area contributed by atoms with Crippen LogP contribution in [0.5, 0.6) is 0 Å². The predicted molar refractivity (Wildman–Crippen MR) is 122 cm³/mol. The minimum Gasteiger partial charge on any atom is -0.496 e. The number of rotatable bonds is 10. The molecule has 2 aliphatic rings. The van der Waals surface area contributed by atoms with Crippen LogP contribution in [0.3, 0.4) is 0 Å². The standard InChI is InChI=1S/C24H33N5O3/c1-31-20-19(29-15-6-3-7-16-29)10-12-24(23(26)30,21(20)32-2)11-4-5-13-27-22-18(17-25)9-8-14-28-22/h8-10,12,14,21H,3-7,11,13,15-16H2,1-2H3,(H2,26,30)(H,27,28).